The lowest BCUT2D eigenvalue weighted by molar-refractivity contribution is -0.135. The summed E-state index contributed by atoms with van der Waals surface area (Å²) < 4.78 is 1.75. The van der Waals surface area contributed by atoms with Crippen molar-refractivity contribution in [3.8, 4) is 0 Å². The van der Waals surface area contributed by atoms with Crippen LogP contribution in [0.4, 0.5) is 5.82 Å². The molecule has 0 atom stereocenters. The summed E-state index contributed by atoms with van der Waals surface area (Å²) in [7, 11) is 1.74. The normalized spacial score (nSPS) is 10.6. The Morgan fingerprint density at radius 2 is 2.12 bits per heavy atom. The standard InChI is InChI=1S/C11H13N3O2/c1-8-3-4-9-5-6-10(14(9)12-8)13(2)7-11(15)16/h3-6H,7H2,1-2H3,(H,15,16). The molecule has 0 radical (unpaired) electrons. The molecular weight excluding hydrogens is 206 g/mol. The van der Waals surface area contributed by atoms with Gasteiger partial charge in [-0.05, 0) is 31.2 Å². The van der Waals surface area contributed by atoms with Crippen LogP contribution in [0.3, 0.4) is 0 Å². The van der Waals surface area contributed by atoms with Crippen molar-refractivity contribution >= 4 is 17.3 Å². The summed E-state index contributed by atoms with van der Waals surface area (Å²) in [6, 6.07) is 7.67. The Balaban J connectivity index is 2.44. The summed E-state index contributed by atoms with van der Waals surface area (Å²) in [6.07, 6.45) is 0. The molecule has 2 aromatic rings. The fourth-order valence-electron chi connectivity index (χ4n) is 1.64. The predicted molar refractivity (Wildman–Crippen MR) is 60.8 cm³/mol. The van der Waals surface area contributed by atoms with Crippen LogP contribution in [0.15, 0.2) is 24.3 Å². The maximum Gasteiger partial charge on any atom is 0.323 e. The minimum Gasteiger partial charge on any atom is -0.480 e. The molecule has 0 saturated carbocycles. The Labute approximate surface area is 92.9 Å². The highest BCUT2D eigenvalue weighted by atomic mass is 16.4. The number of aryl methyl sites for hydroxylation is 1. The van der Waals surface area contributed by atoms with Gasteiger partial charge in [0.1, 0.15) is 12.4 Å². The van der Waals surface area contributed by atoms with Crippen molar-refractivity contribution in [1.82, 2.24) is 9.61 Å². The second kappa shape index (κ2) is 3.84. The largest absolute Gasteiger partial charge is 0.480 e. The third-order valence-electron chi connectivity index (χ3n) is 2.38. The number of rotatable bonds is 3. The van der Waals surface area contributed by atoms with Crippen LogP contribution in [-0.2, 0) is 4.79 Å². The van der Waals surface area contributed by atoms with Gasteiger partial charge in [0.25, 0.3) is 0 Å². The molecule has 16 heavy (non-hydrogen) atoms. The Morgan fingerprint density at radius 1 is 1.44 bits per heavy atom. The number of aliphatic carboxylic acids is 1. The maximum absolute atomic E-state index is 10.6. The van der Waals surface area contributed by atoms with Crippen LogP contribution < -0.4 is 4.90 Å². The number of carboxylic acid groups (broad SMARTS) is 1. The van der Waals surface area contributed by atoms with Gasteiger partial charge in [-0.1, -0.05) is 0 Å². The molecule has 0 bridgehead atoms. The fourth-order valence-corrected chi connectivity index (χ4v) is 1.64. The molecule has 2 rings (SSSR count). The zero-order valence-corrected chi connectivity index (χ0v) is 9.21. The molecule has 2 heterocycles. The van der Waals surface area contributed by atoms with Gasteiger partial charge in [-0.25, -0.2) is 4.52 Å². The number of hydrogen-bond donors (Lipinski definition) is 1. The second-order valence-corrected chi connectivity index (χ2v) is 3.75. The number of hydrogen-bond acceptors (Lipinski definition) is 3. The Hall–Kier alpha value is -2.04. The second-order valence-electron chi connectivity index (χ2n) is 3.75. The van der Waals surface area contributed by atoms with E-state index in [0.29, 0.717) is 0 Å². The molecule has 0 spiro atoms. The monoisotopic (exact) mass is 219 g/mol. The summed E-state index contributed by atoms with van der Waals surface area (Å²) >= 11 is 0. The van der Waals surface area contributed by atoms with Crippen molar-refractivity contribution in [3.05, 3.63) is 30.0 Å². The molecule has 0 amide bonds. The SMILES string of the molecule is Cc1ccc2ccc(N(C)CC(=O)O)n2n1. The lowest BCUT2D eigenvalue weighted by Crippen LogP contribution is -2.26. The molecule has 84 valence electrons. The average Bonchev–Trinajstić information content (AvgIpc) is 2.59. The van der Waals surface area contributed by atoms with E-state index in [1.165, 1.54) is 0 Å². The molecule has 5 nitrogen and oxygen atoms in total. The minimum absolute atomic E-state index is 0.0399. The van der Waals surface area contributed by atoms with Gasteiger partial charge < -0.3 is 10.0 Å². The third kappa shape index (κ3) is 1.84. The van der Waals surface area contributed by atoms with Crippen LogP contribution in [0, 0.1) is 6.92 Å². The molecule has 0 fully saturated rings. The van der Waals surface area contributed by atoms with E-state index in [0.717, 1.165) is 17.0 Å². The van der Waals surface area contributed by atoms with Crippen molar-refractivity contribution in [2.24, 2.45) is 0 Å². The topological polar surface area (TPSA) is 57.8 Å². The molecule has 0 unspecified atom stereocenters. The van der Waals surface area contributed by atoms with Gasteiger partial charge in [-0.2, -0.15) is 5.10 Å². The highest BCUT2D eigenvalue weighted by Crippen LogP contribution is 2.16. The smallest absolute Gasteiger partial charge is 0.323 e. The van der Waals surface area contributed by atoms with E-state index in [2.05, 4.69) is 5.10 Å². The van der Waals surface area contributed by atoms with Crippen LogP contribution in [0.5, 0.6) is 0 Å². The van der Waals surface area contributed by atoms with Crippen LogP contribution in [0.2, 0.25) is 0 Å². The van der Waals surface area contributed by atoms with Gasteiger partial charge in [0.2, 0.25) is 0 Å². The van der Waals surface area contributed by atoms with Crippen molar-refractivity contribution in [2.75, 3.05) is 18.5 Å². The predicted octanol–water partition coefficient (Wildman–Crippen LogP) is 1.16. The number of anilines is 1. The highest BCUT2D eigenvalue weighted by molar-refractivity contribution is 5.73. The van der Waals surface area contributed by atoms with E-state index in [1.807, 2.05) is 31.2 Å². The quantitative estimate of drug-likeness (QED) is 0.841. The molecule has 0 aliphatic rings. The zero-order valence-electron chi connectivity index (χ0n) is 9.21. The number of carboxylic acids is 1. The summed E-state index contributed by atoms with van der Waals surface area (Å²) in [5.41, 5.74) is 1.85. The molecular formula is C11H13N3O2. The van der Waals surface area contributed by atoms with Crippen molar-refractivity contribution in [3.63, 3.8) is 0 Å². The number of aromatic nitrogens is 2. The van der Waals surface area contributed by atoms with Crippen molar-refractivity contribution < 1.29 is 9.90 Å². The average molecular weight is 219 g/mol. The first-order chi connectivity index (χ1) is 7.58. The zero-order chi connectivity index (χ0) is 11.7. The molecule has 2 aromatic heterocycles. The third-order valence-corrected chi connectivity index (χ3v) is 2.38. The molecule has 0 aliphatic carbocycles. The highest BCUT2D eigenvalue weighted by Gasteiger charge is 2.10. The molecule has 1 N–H and O–H groups in total. The molecule has 0 aromatic carbocycles. The van der Waals surface area contributed by atoms with Crippen LogP contribution in [0.1, 0.15) is 5.69 Å². The first kappa shape index (κ1) is 10.5. The summed E-state index contributed by atoms with van der Waals surface area (Å²) in [4.78, 5) is 12.3. The summed E-state index contributed by atoms with van der Waals surface area (Å²) in [5, 5.41) is 13.1. The van der Waals surface area contributed by atoms with Gasteiger partial charge in [-0.15, -0.1) is 0 Å². The fraction of sp³-hybridized carbons (Fsp3) is 0.273. The lowest BCUT2D eigenvalue weighted by atomic mass is 10.4. The Bertz CT molecular complexity index is 533. The minimum atomic E-state index is -0.856. The first-order valence-corrected chi connectivity index (χ1v) is 4.96. The summed E-state index contributed by atoms with van der Waals surface area (Å²) in [6.45, 7) is 1.86. The van der Waals surface area contributed by atoms with Crippen molar-refractivity contribution in [2.45, 2.75) is 6.92 Å². The van der Waals surface area contributed by atoms with Gasteiger partial charge in [0.05, 0.1) is 11.2 Å². The molecule has 0 saturated heterocycles. The van der Waals surface area contributed by atoms with Gasteiger partial charge >= 0.3 is 5.97 Å². The van der Waals surface area contributed by atoms with E-state index < -0.39 is 5.97 Å². The number of nitrogens with zero attached hydrogens (tertiary/aromatic N) is 3. The Kier molecular flexibility index (Phi) is 2.52. The van der Waals surface area contributed by atoms with Crippen molar-refractivity contribution in [1.29, 1.82) is 0 Å². The van der Waals surface area contributed by atoms with E-state index in [1.54, 1.807) is 16.5 Å². The Morgan fingerprint density at radius 3 is 2.81 bits per heavy atom. The van der Waals surface area contributed by atoms with Gasteiger partial charge in [0, 0.05) is 7.05 Å². The van der Waals surface area contributed by atoms with E-state index in [9.17, 15) is 4.79 Å². The summed E-state index contributed by atoms with van der Waals surface area (Å²) in [5.74, 6) is -0.0776. The van der Waals surface area contributed by atoms with Gasteiger partial charge in [-0.3, -0.25) is 4.79 Å². The van der Waals surface area contributed by atoms with Gasteiger partial charge in [0.15, 0.2) is 0 Å². The maximum atomic E-state index is 10.6. The lowest BCUT2D eigenvalue weighted by Gasteiger charge is -2.15. The number of carbonyl (C=O) groups is 1. The van der Waals surface area contributed by atoms with Crippen LogP contribution >= 0.6 is 0 Å². The molecule has 5 heteroatoms. The first-order valence-electron chi connectivity index (χ1n) is 4.96. The van der Waals surface area contributed by atoms with E-state index in [4.69, 9.17) is 5.11 Å². The van der Waals surface area contributed by atoms with Crippen LogP contribution in [0.25, 0.3) is 5.52 Å². The van der Waals surface area contributed by atoms with E-state index >= 15 is 0 Å². The number of likely N-dealkylation sites (N-methyl/N-ethyl adjacent to an activating group) is 1. The van der Waals surface area contributed by atoms with E-state index in [-0.39, 0.29) is 6.54 Å². The molecule has 0 aliphatic heterocycles. The number of fused-ring (bicyclic) bond motifs is 1. The van der Waals surface area contributed by atoms with Crippen LogP contribution in [-0.4, -0.2) is 34.3 Å².